The number of alkyl halides is 3. The van der Waals surface area contributed by atoms with Crippen LogP contribution in [0.25, 0.3) is 5.65 Å². The molecule has 11 heteroatoms. The average Bonchev–Trinajstić information content (AvgIpc) is 3.39. The van der Waals surface area contributed by atoms with E-state index in [0.717, 1.165) is 17.6 Å². The molecule has 2 fully saturated rings. The van der Waals surface area contributed by atoms with Crippen molar-refractivity contribution in [3.8, 4) is 6.07 Å². The first-order chi connectivity index (χ1) is 13.9. The number of pyridine rings is 1. The van der Waals surface area contributed by atoms with Gasteiger partial charge in [0.25, 0.3) is 5.82 Å². The minimum Gasteiger partial charge on any atom is -0.355 e. The van der Waals surface area contributed by atoms with Crippen molar-refractivity contribution in [2.24, 2.45) is 11.8 Å². The van der Waals surface area contributed by atoms with Crippen LogP contribution in [0.2, 0.25) is 0 Å². The van der Waals surface area contributed by atoms with E-state index in [-0.39, 0.29) is 5.65 Å². The first-order valence-electron chi connectivity index (χ1n) is 9.08. The van der Waals surface area contributed by atoms with Gasteiger partial charge in [0.2, 0.25) is 0 Å². The molecule has 0 amide bonds. The van der Waals surface area contributed by atoms with Gasteiger partial charge >= 0.3 is 6.18 Å². The second kappa shape index (κ2) is 6.30. The molecule has 2 atom stereocenters. The maximum atomic E-state index is 13.1. The molecule has 0 radical (unpaired) electrons. The zero-order chi connectivity index (χ0) is 20.2. The summed E-state index contributed by atoms with van der Waals surface area (Å²) >= 11 is 0. The second-order valence-electron chi connectivity index (χ2n) is 7.30. The van der Waals surface area contributed by atoms with Crippen LogP contribution in [0.3, 0.4) is 0 Å². The van der Waals surface area contributed by atoms with Gasteiger partial charge in [-0.15, -0.1) is 15.3 Å². The molecular formula is C18H15F3N8. The fraction of sp³-hybridized carbons (Fsp3) is 0.389. The third-order valence-corrected chi connectivity index (χ3v) is 5.52. The Balaban J connectivity index is 1.36. The fourth-order valence-electron chi connectivity index (χ4n) is 4.21. The molecule has 0 saturated carbocycles. The lowest BCUT2D eigenvalue weighted by Crippen LogP contribution is -2.30. The molecule has 5 heterocycles. The van der Waals surface area contributed by atoms with Crippen LogP contribution in [-0.2, 0) is 6.18 Å². The molecule has 29 heavy (non-hydrogen) atoms. The van der Waals surface area contributed by atoms with E-state index in [9.17, 15) is 18.4 Å². The summed E-state index contributed by atoms with van der Waals surface area (Å²) in [5.74, 6) is 0.682. The van der Waals surface area contributed by atoms with Gasteiger partial charge in [0, 0.05) is 44.2 Å². The van der Waals surface area contributed by atoms with Gasteiger partial charge in [-0.1, -0.05) is 0 Å². The number of halogens is 3. The summed E-state index contributed by atoms with van der Waals surface area (Å²) in [5.41, 5.74) is 0.606. The monoisotopic (exact) mass is 400 g/mol. The summed E-state index contributed by atoms with van der Waals surface area (Å²) in [6, 6.07) is 8.84. The Morgan fingerprint density at radius 3 is 2.41 bits per heavy atom. The maximum absolute atomic E-state index is 13.1. The van der Waals surface area contributed by atoms with Gasteiger partial charge in [-0.2, -0.15) is 22.9 Å². The minimum atomic E-state index is -4.62. The maximum Gasteiger partial charge on any atom is 0.453 e. The molecule has 2 aliphatic heterocycles. The summed E-state index contributed by atoms with van der Waals surface area (Å²) < 4.78 is 40.1. The molecule has 2 aliphatic rings. The predicted octanol–water partition coefficient (Wildman–Crippen LogP) is 1.98. The fourth-order valence-corrected chi connectivity index (χ4v) is 4.21. The van der Waals surface area contributed by atoms with Crippen molar-refractivity contribution in [1.29, 1.82) is 5.26 Å². The quantitative estimate of drug-likeness (QED) is 0.650. The number of hydrogen-bond donors (Lipinski definition) is 0. The molecule has 2 unspecified atom stereocenters. The predicted molar refractivity (Wildman–Crippen MR) is 96.1 cm³/mol. The number of aromatic nitrogens is 5. The Labute approximate surface area is 163 Å². The third-order valence-electron chi connectivity index (χ3n) is 5.52. The molecule has 0 N–H and O–H groups in total. The lowest BCUT2D eigenvalue weighted by Gasteiger charge is -2.23. The van der Waals surface area contributed by atoms with Crippen molar-refractivity contribution < 1.29 is 13.2 Å². The molecule has 0 bridgehead atoms. The topological polar surface area (TPSA) is 86.2 Å². The molecule has 148 valence electrons. The molecule has 3 aromatic heterocycles. The SMILES string of the molecule is N#Cc1cccnc1N1CC2CN(c3ccc4nnc(C(F)(F)F)n4n3)CC2C1. The van der Waals surface area contributed by atoms with Crippen molar-refractivity contribution in [3.05, 3.63) is 41.9 Å². The van der Waals surface area contributed by atoms with Crippen LogP contribution in [0.1, 0.15) is 11.4 Å². The van der Waals surface area contributed by atoms with E-state index in [2.05, 4.69) is 31.2 Å². The molecule has 8 nitrogen and oxygen atoms in total. The highest BCUT2D eigenvalue weighted by atomic mass is 19.4. The zero-order valence-electron chi connectivity index (χ0n) is 15.1. The van der Waals surface area contributed by atoms with Gasteiger partial charge in [0.15, 0.2) is 5.65 Å². The smallest absolute Gasteiger partial charge is 0.355 e. The van der Waals surface area contributed by atoms with Gasteiger partial charge in [-0.25, -0.2) is 4.98 Å². The summed E-state index contributed by atoms with van der Waals surface area (Å²) in [7, 11) is 0. The molecule has 5 rings (SSSR count). The Morgan fingerprint density at radius 1 is 1.00 bits per heavy atom. The molecule has 2 saturated heterocycles. The number of fused-ring (bicyclic) bond motifs is 2. The van der Waals surface area contributed by atoms with Crippen LogP contribution in [-0.4, -0.2) is 51.0 Å². The van der Waals surface area contributed by atoms with E-state index < -0.39 is 12.0 Å². The molecular weight excluding hydrogens is 385 g/mol. The van der Waals surface area contributed by atoms with Crippen LogP contribution >= 0.6 is 0 Å². The lowest BCUT2D eigenvalue weighted by atomic mass is 10.0. The minimum absolute atomic E-state index is 0.0610. The normalized spacial score (nSPS) is 21.6. The Morgan fingerprint density at radius 2 is 1.72 bits per heavy atom. The van der Waals surface area contributed by atoms with Gasteiger partial charge < -0.3 is 9.80 Å². The van der Waals surface area contributed by atoms with Crippen LogP contribution in [0.5, 0.6) is 0 Å². The first kappa shape index (κ1) is 17.7. The largest absolute Gasteiger partial charge is 0.453 e. The molecule has 0 aliphatic carbocycles. The number of anilines is 2. The van der Waals surface area contributed by atoms with E-state index in [1.807, 2.05) is 4.90 Å². The summed E-state index contributed by atoms with van der Waals surface area (Å²) in [4.78, 5) is 8.46. The van der Waals surface area contributed by atoms with E-state index >= 15 is 0 Å². The van der Waals surface area contributed by atoms with Crippen molar-refractivity contribution in [3.63, 3.8) is 0 Å². The van der Waals surface area contributed by atoms with Crippen LogP contribution in [0.4, 0.5) is 24.8 Å². The van der Waals surface area contributed by atoms with Gasteiger partial charge in [-0.3, -0.25) is 0 Å². The first-order valence-corrected chi connectivity index (χ1v) is 9.08. The molecule has 0 spiro atoms. The number of nitriles is 1. The average molecular weight is 400 g/mol. The Hall–Kier alpha value is -3.42. The number of hydrogen-bond acceptors (Lipinski definition) is 7. The Bertz CT molecular complexity index is 1100. The van der Waals surface area contributed by atoms with E-state index in [0.29, 0.717) is 42.1 Å². The highest BCUT2D eigenvalue weighted by Crippen LogP contribution is 2.36. The van der Waals surface area contributed by atoms with Gasteiger partial charge in [-0.05, 0) is 24.3 Å². The van der Waals surface area contributed by atoms with Crippen molar-refractivity contribution >= 4 is 17.3 Å². The molecule has 3 aromatic rings. The Kier molecular flexibility index (Phi) is 3.84. The standard InChI is InChI=1S/C18H15F3N8/c19-18(20,21)17-25-24-14-3-4-15(26-29(14)17)27-7-12-9-28(10-13(12)8-27)16-11(6-22)2-1-5-23-16/h1-5,12-13H,7-10H2. The number of nitrogens with zero attached hydrogens (tertiary/aromatic N) is 8. The highest BCUT2D eigenvalue weighted by molar-refractivity contribution is 5.55. The van der Waals surface area contributed by atoms with E-state index in [4.69, 9.17) is 0 Å². The lowest BCUT2D eigenvalue weighted by molar-refractivity contribution is -0.146. The molecule has 0 aromatic carbocycles. The van der Waals surface area contributed by atoms with Crippen LogP contribution in [0.15, 0.2) is 30.5 Å². The summed E-state index contributed by atoms with van der Waals surface area (Å²) in [6.45, 7) is 2.85. The van der Waals surface area contributed by atoms with Crippen LogP contribution < -0.4 is 9.80 Å². The van der Waals surface area contributed by atoms with Gasteiger partial charge in [0.05, 0.1) is 5.56 Å². The van der Waals surface area contributed by atoms with Crippen molar-refractivity contribution in [2.75, 3.05) is 36.0 Å². The second-order valence-corrected chi connectivity index (χ2v) is 7.30. The summed E-state index contributed by atoms with van der Waals surface area (Å²) in [6.07, 6.45) is -2.94. The summed E-state index contributed by atoms with van der Waals surface area (Å²) in [5, 5.41) is 20.2. The van der Waals surface area contributed by atoms with E-state index in [1.165, 1.54) is 6.07 Å². The highest BCUT2D eigenvalue weighted by Gasteiger charge is 2.42. The van der Waals surface area contributed by atoms with Crippen molar-refractivity contribution in [1.82, 2.24) is 24.8 Å². The van der Waals surface area contributed by atoms with Crippen LogP contribution in [0, 0.1) is 23.2 Å². The van der Waals surface area contributed by atoms with E-state index in [1.54, 1.807) is 24.4 Å². The number of rotatable bonds is 2. The van der Waals surface area contributed by atoms with Crippen molar-refractivity contribution in [2.45, 2.75) is 6.18 Å². The zero-order valence-corrected chi connectivity index (χ0v) is 15.1. The van der Waals surface area contributed by atoms with Gasteiger partial charge in [0.1, 0.15) is 17.7 Å². The third kappa shape index (κ3) is 2.91.